The fourth-order valence-corrected chi connectivity index (χ4v) is 4.48. The van der Waals surface area contributed by atoms with E-state index in [1.54, 1.807) is 24.3 Å². The largest absolute Gasteiger partial charge is 0.462 e. The Bertz CT molecular complexity index is 1650. The molecule has 3 aromatic carbocycles. The summed E-state index contributed by atoms with van der Waals surface area (Å²) in [7, 11) is 4.07. The van der Waals surface area contributed by atoms with Gasteiger partial charge in [0.1, 0.15) is 28.7 Å². The standard InChI is InChI=1S/C29H21Cl2N3O2/c1-17-12-19(23(16-32)29-33-26-14-24(30)25(31)15-28(26)36-29)13-20(35-17)10-8-18-9-11-27(34(2)3)22-7-5-4-6-21(18)22/h4-15H,1-3H3. The topological polar surface area (TPSA) is 62.3 Å². The highest BCUT2D eigenvalue weighted by Crippen LogP contribution is 2.33. The van der Waals surface area contributed by atoms with Crippen molar-refractivity contribution in [3.05, 3.63) is 105 Å². The fraction of sp³-hybridized carbons (Fsp3) is 0.103. The zero-order chi connectivity index (χ0) is 25.4. The van der Waals surface area contributed by atoms with E-state index < -0.39 is 0 Å². The number of aromatic nitrogens is 1. The molecule has 1 aromatic heterocycles. The summed E-state index contributed by atoms with van der Waals surface area (Å²) in [4.78, 5) is 6.55. The predicted molar refractivity (Wildman–Crippen MR) is 147 cm³/mol. The highest BCUT2D eigenvalue weighted by atomic mass is 35.5. The molecule has 0 saturated carbocycles. The second-order valence-electron chi connectivity index (χ2n) is 8.55. The summed E-state index contributed by atoms with van der Waals surface area (Å²) >= 11 is 12.2. The summed E-state index contributed by atoms with van der Waals surface area (Å²) in [5.74, 6) is 1.44. The third-order valence-corrected chi connectivity index (χ3v) is 6.55. The van der Waals surface area contributed by atoms with E-state index in [0.717, 1.165) is 16.6 Å². The van der Waals surface area contributed by atoms with Crippen LogP contribution in [-0.2, 0) is 4.74 Å². The molecule has 2 heterocycles. The summed E-state index contributed by atoms with van der Waals surface area (Å²) in [6, 6.07) is 17.9. The Labute approximate surface area is 218 Å². The number of fused-ring (bicyclic) bond motifs is 2. The molecular formula is C29H21Cl2N3O2. The van der Waals surface area contributed by atoms with Crippen molar-refractivity contribution in [2.24, 2.45) is 0 Å². The number of nitrogens with zero attached hydrogens (tertiary/aromatic N) is 3. The molecule has 0 unspecified atom stereocenters. The van der Waals surface area contributed by atoms with E-state index in [1.165, 1.54) is 5.39 Å². The molecule has 0 bridgehead atoms. The minimum atomic E-state index is 0.191. The van der Waals surface area contributed by atoms with Gasteiger partial charge in [-0.15, -0.1) is 0 Å². The second kappa shape index (κ2) is 9.58. The monoisotopic (exact) mass is 513 g/mol. The van der Waals surface area contributed by atoms with Gasteiger partial charge in [0.25, 0.3) is 0 Å². The summed E-state index contributed by atoms with van der Waals surface area (Å²) in [5, 5.41) is 13.0. The van der Waals surface area contributed by atoms with Crippen LogP contribution < -0.4 is 4.90 Å². The molecule has 0 amide bonds. The number of anilines is 1. The SMILES string of the molecule is CC1=CC(=C(C#N)c2nc3cc(Cl)c(Cl)cc3o2)C=C(C=Cc2ccc(N(C)C)c3ccccc23)O1. The Kier molecular flexibility index (Phi) is 6.32. The minimum Gasteiger partial charge on any atom is -0.462 e. The molecule has 36 heavy (non-hydrogen) atoms. The van der Waals surface area contributed by atoms with Gasteiger partial charge in [-0.25, -0.2) is 4.98 Å². The molecule has 0 saturated heterocycles. The van der Waals surface area contributed by atoms with Crippen LogP contribution in [0.15, 0.2) is 88.3 Å². The molecule has 5 nitrogen and oxygen atoms in total. The van der Waals surface area contributed by atoms with Crippen molar-refractivity contribution in [2.45, 2.75) is 6.92 Å². The van der Waals surface area contributed by atoms with Crippen molar-refractivity contribution in [3.8, 4) is 6.07 Å². The van der Waals surface area contributed by atoms with Crippen molar-refractivity contribution in [3.63, 3.8) is 0 Å². The minimum absolute atomic E-state index is 0.191. The van der Waals surface area contributed by atoms with Crippen LogP contribution in [0.3, 0.4) is 0 Å². The molecule has 1 aliphatic rings. The molecule has 1 aliphatic heterocycles. The van der Waals surface area contributed by atoms with Crippen molar-refractivity contribution in [1.29, 1.82) is 5.26 Å². The van der Waals surface area contributed by atoms with Gasteiger partial charge in [0.2, 0.25) is 5.89 Å². The Hall–Kier alpha value is -3.98. The maximum atomic E-state index is 9.95. The maximum absolute atomic E-state index is 9.95. The average molecular weight is 514 g/mol. The zero-order valence-corrected chi connectivity index (χ0v) is 21.4. The Balaban J connectivity index is 1.55. The van der Waals surface area contributed by atoms with E-state index in [4.69, 9.17) is 32.4 Å². The van der Waals surface area contributed by atoms with Gasteiger partial charge in [-0.3, -0.25) is 0 Å². The number of ether oxygens (including phenoxy) is 1. The van der Waals surface area contributed by atoms with E-state index in [1.807, 2.05) is 45.3 Å². The number of halogens is 2. The molecule has 0 atom stereocenters. The third kappa shape index (κ3) is 4.49. The van der Waals surface area contributed by atoms with Crippen LogP contribution in [0.25, 0.3) is 33.5 Å². The number of hydrogen-bond acceptors (Lipinski definition) is 5. The molecule has 5 rings (SSSR count). The number of benzene rings is 3. The van der Waals surface area contributed by atoms with E-state index in [2.05, 4.69) is 40.2 Å². The summed E-state index contributed by atoms with van der Waals surface area (Å²) in [5.41, 5.74) is 4.12. The van der Waals surface area contributed by atoms with Gasteiger partial charge in [-0.1, -0.05) is 59.6 Å². The smallest absolute Gasteiger partial charge is 0.238 e. The lowest BCUT2D eigenvalue weighted by Gasteiger charge is -2.17. The number of oxazole rings is 1. The predicted octanol–water partition coefficient (Wildman–Crippen LogP) is 8.16. The van der Waals surface area contributed by atoms with Crippen molar-refractivity contribution < 1.29 is 9.15 Å². The first kappa shape index (κ1) is 23.7. The first-order valence-corrected chi connectivity index (χ1v) is 11.9. The summed E-state index contributed by atoms with van der Waals surface area (Å²) in [6.45, 7) is 1.84. The fourth-order valence-electron chi connectivity index (χ4n) is 4.17. The number of hydrogen-bond donors (Lipinski definition) is 0. The normalized spacial score (nSPS) is 15.0. The lowest BCUT2D eigenvalue weighted by atomic mass is 10.0. The second-order valence-corrected chi connectivity index (χ2v) is 9.36. The zero-order valence-electron chi connectivity index (χ0n) is 19.8. The molecule has 178 valence electrons. The van der Waals surface area contributed by atoms with E-state index in [9.17, 15) is 5.26 Å². The number of allylic oxidation sites excluding steroid dienone is 6. The van der Waals surface area contributed by atoms with Gasteiger partial charge in [-0.2, -0.15) is 5.26 Å². The first-order chi connectivity index (χ1) is 17.3. The van der Waals surface area contributed by atoms with Crippen molar-refractivity contribution in [2.75, 3.05) is 19.0 Å². The quantitative estimate of drug-likeness (QED) is 0.257. The van der Waals surface area contributed by atoms with E-state index in [0.29, 0.717) is 38.2 Å². The lowest BCUT2D eigenvalue weighted by Crippen LogP contribution is -2.09. The van der Waals surface area contributed by atoms with E-state index >= 15 is 0 Å². The van der Waals surface area contributed by atoms with Gasteiger partial charge in [0, 0.05) is 36.8 Å². The third-order valence-electron chi connectivity index (χ3n) is 5.82. The van der Waals surface area contributed by atoms with E-state index in [-0.39, 0.29) is 11.5 Å². The van der Waals surface area contributed by atoms with Gasteiger partial charge in [0.05, 0.1) is 10.0 Å². The molecule has 0 spiro atoms. The van der Waals surface area contributed by atoms with Crippen molar-refractivity contribution in [1.82, 2.24) is 4.98 Å². The Morgan fingerprint density at radius 1 is 1.00 bits per heavy atom. The van der Waals surface area contributed by atoms with Crippen LogP contribution in [0, 0.1) is 11.3 Å². The molecule has 0 radical (unpaired) electrons. The van der Waals surface area contributed by atoms with Crippen LogP contribution in [0.4, 0.5) is 5.69 Å². The molecule has 0 aliphatic carbocycles. The van der Waals surface area contributed by atoms with Gasteiger partial charge < -0.3 is 14.1 Å². The Morgan fingerprint density at radius 2 is 1.75 bits per heavy atom. The van der Waals surface area contributed by atoms with Crippen LogP contribution in [0.5, 0.6) is 0 Å². The summed E-state index contributed by atoms with van der Waals surface area (Å²) in [6.07, 6.45) is 7.49. The summed E-state index contributed by atoms with van der Waals surface area (Å²) < 4.78 is 11.8. The van der Waals surface area contributed by atoms with Crippen LogP contribution in [-0.4, -0.2) is 19.1 Å². The van der Waals surface area contributed by atoms with Crippen molar-refractivity contribution >= 4 is 62.4 Å². The van der Waals surface area contributed by atoms with Gasteiger partial charge in [0.15, 0.2) is 5.58 Å². The van der Waals surface area contributed by atoms with Crippen LogP contribution >= 0.6 is 23.2 Å². The molecule has 4 aromatic rings. The highest BCUT2D eigenvalue weighted by molar-refractivity contribution is 6.42. The number of nitriles is 1. The first-order valence-electron chi connectivity index (χ1n) is 11.2. The molecule has 0 N–H and O–H groups in total. The highest BCUT2D eigenvalue weighted by Gasteiger charge is 2.18. The molecule has 7 heteroatoms. The lowest BCUT2D eigenvalue weighted by molar-refractivity contribution is 0.318. The number of rotatable bonds is 4. The van der Waals surface area contributed by atoms with Gasteiger partial charge >= 0.3 is 0 Å². The van der Waals surface area contributed by atoms with Crippen LogP contribution in [0.1, 0.15) is 18.4 Å². The maximum Gasteiger partial charge on any atom is 0.238 e. The Morgan fingerprint density at radius 3 is 2.50 bits per heavy atom. The molecular weight excluding hydrogens is 493 g/mol. The van der Waals surface area contributed by atoms with Crippen LogP contribution in [0.2, 0.25) is 10.0 Å². The van der Waals surface area contributed by atoms with Gasteiger partial charge in [-0.05, 0) is 48.2 Å². The molecule has 0 fully saturated rings. The average Bonchev–Trinajstić information content (AvgIpc) is 3.24.